The molecule has 1 N–H and O–H groups in total. The third kappa shape index (κ3) is 4.31. The van der Waals surface area contributed by atoms with E-state index in [1.807, 2.05) is 0 Å². The Morgan fingerprint density at radius 1 is 1.11 bits per heavy atom. The van der Waals surface area contributed by atoms with Crippen LogP contribution in [-0.4, -0.2) is 46.7 Å². The molecule has 0 spiro atoms. The van der Waals surface area contributed by atoms with Gasteiger partial charge in [0.2, 0.25) is 0 Å². The van der Waals surface area contributed by atoms with E-state index in [9.17, 15) is 21.2 Å². The number of methoxy groups -OCH3 is 1. The van der Waals surface area contributed by atoms with Crippen LogP contribution < -0.4 is 10.1 Å². The van der Waals surface area contributed by atoms with Crippen LogP contribution in [0, 0.1) is 5.82 Å². The summed E-state index contributed by atoms with van der Waals surface area (Å²) in [5.41, 5.74) is 0.349. The molecule has 0 unspecified atom stereocenters. The van der Waals surface area contributed by atoms with E-state index in [1.54, 1.807) is 18.2 Å². The van der Waals surface area contributed by atoms with E-state index in [4.69, 9.17) is 4.74 Å². The fourth-order valence-electron chi connectivity index (χ4n) is 3.13. The Bertz CT molecular complexity index is 1020. The number of nitrogens with one attached hydrogen (secondary N) is 1. The molecular formula is C18H20FNO5S2. The third-order valence-corrected chi connectivity index (χ3v) is 8.77. The lowest BCUT2D eigenvalue weighted by Crippen LogP contribution is -2.43. The number of halogens is 1. The zero-order chi connectivity index (χ0) is 19.7. The zero-order valence-corrected chi connectivity index (χ0v) is 16.3. The minimum Gasteiger partial charge on any atom is -0.497 e. The predicted octanol–water partition coefficient (Wildman–Crippen LogP) is 1.56. The van der Waals surface area contributed by atoms with Crippen LogP contribution in [0.25, 0.3) is 0 Å². The van der Waals surface area contributed by atoms with Crippen LogP contribution in [0.2, 0.25) is 0 Å². The molecule has 9 heteroatoms. The van der Waals surface area contributed by atoms with Gasteiger partial charge in [0.25, 0.3) is 0 Å². The number of benzene rings is 2. The molecule has 0 saturated carbocycles. The predicted molar refractivity (Wildman–Crippen MR) is 99.6 cm³/mol. The van der Waals surface area contributed by atoms with Crippen molar-refractivity contribution in [2.45, 2.75) is 22.7 Å². The van der Waals surface area contributed by atoms with Gasteiger partial charge in [0.1, 0.15) is 11.6 Å². The maximum Gasteiger partial charge on any atom is 0.183 e. The molecule has 3 rings (SSSR count). The molecule has 0 aliphatic carbocycles. The second-order valence-electron chi connectivity index (χ2n) is 6.41. The standard InChI is InChI=1S/C18H20FNO5S2/c1-25-14-6-8-15(9-7-14)27(23,24)18-12-26(21,22)11-17(18)20-10-13-4-2-3-5-16(13)19/h2-9,17-18,20H,10-12H2,1H3/t17-,18-/m1/s1. The molecule has 146 valence electrons. The van der Waals surface area contributed by atoms with Crippen molar-refractivity contribution in [1.82, 2.24) is 5.32 Å². The fourth-order valence-corrected chi connectivity index (χ4v) is 7.85. The van der Waals surface area contributed by atoms with Crippen molar-refractivity contribution < 1.29 is 26.0 Å². The van der Waals surface area contributed by atoms with Crippen LogP contribution in [0.1, 0.15) is 5.56 Å². The van der Waals surface area contributed by atoms with E-state index in [0.717, 1.165) is 0 Å². The number of hydrogen-bond acceptors (Lipinski definition) is 6. The molecule has 6 nitrogen and oxygen atoms in total. The Kier molecular flexibility index (Phi) is 5.55. The summed E-state index contributed by atoms with van der Waals surface area (Å²) in [6.45, 7) is 0.0431. The third-order valence-electron chi connectivity index (χ3n) is 4.60. The van der Waals surface area contributed by atoms with Gasteiger partial charge < -0.3 is 10.1 Å². The Balaban J connectivity index is 1.85. The van der Waals surface area contributed by atoms with Crippen LogP contribution in [0.5, 0.6) is 5.75 Å². The summed E-state index contributed by atoms with van der Waals surface area (Å²) in [7, 11) is -5.94. The molecular weight excluding hydrogens is 393 g/mol. The monoisotopic (exact) mass is 413 g/mol. The highest BCUT2D eigenvalue weighted by atomic mass is 32.2. The molecule has 0 bridgehead atoms. The Labute approximate surface area is 158 Å². The summed E-state index contributed by atoms with van der Waals surface area (Å²) in [5.74, 6) is -0.694. The molecule has 1 saturated heterocycles. The fraction of sp³-hybridized carbons (Fsp3) is 0.333. The van der Waals surface area contributed by atoms with E-state index < -0.39 is 42.5 Å². The average molecular weight is 413 g/mol. The molecule has 0 amide bonds. The van der Waals surface area contributed by atoms with Crippen molar-refractivity contribution in [3.05, 3.63) is 59.9 Å². The summed E-state index contributed by atoms with van der Waals surface area (Å²) in [5, 5.41) is 1.78. The molecule has 27 heavy (non-hydrogen) atoms. The average Bonchev–Trinajstić information content (AvgIpc) is 2.96. The second kappa shape index (κ2) is 7.57. The van der Waals surface area contributed by atoms with Gasteiger partial charge in [0, 0.05) is 18.2 Å². The van der Waals surface area contributed by atoms with Gasteiger partial charge >= 0.3 is 0 Å². The molecule has 1 aliphatic rings. The Hall–Kier alpha value is -1.97. The lowest BCUT2D eigenvalue weighted by molar-refractivity contribution is 0.414. The lowest BCUT2D eigenvalue weighted by atomic mass is 10.2. The molecule has 2 aromatic rings. The molecule has 2 atom stereocenters. The van der Waals surface area contributed by atoms with Crippen molar-refractivity contribution in [3.63, 3.8) is 0 Å². The van der Waals surface area contributed by atoms with Gasteiger partial charge in [-0.25, -0.2) is 21.2 Å². The van der Waals surface area contributed by atoms with Gasteiger partial charge in [0.05, 0.1) is 28.8 Å². The van der Waals surface area contributed by atoms with E-state index >= 15 is 0 Å². The highest BCUT2D eigenvalue weighted by Gasteiger charge is 2.45. The lowest BCUT2D eigenvalue weighted by Gasteiger charge is -2.20. The van der Waals surface area contributed by atoms with Crippen molar-refractivity contribution in [2.75, 3.05) is 18.6 Å². The molecule has 1 aliphatic heterocycles. The van der Waals surface area contributed by atoms with E-state index in [-0.39, 0.29) is 17.2 Å². The summed E-state index contributed by atoms with van der Waals surface area (Å²) >= 11 is 0. The first kappa shape index (κ1) is 19.8. The van der Waals surface area contributed by atoms with E-state index in [0.29, 0.717) is 11.3 Å². The highest BCUT2D eigenvalue weighted by Crippen LogP contribution is 2.27. The first-order valence-corrected chi connectivity index (χ1v) is 11.6. The largest absolute Gasteiger partial charge is 0.497 e. The van der Waals surface area contributed by atoms with Gasteiger partial charge in [-0.2, -0.15) is 0 Å². The van der Waals surface area contributed by atoms with E-state index in [1.165, 1.54) is 37.4 Å². The van der Waals surface area contributed by atoms with Gasteiger partial charge in [-0.3, -0.25) is 0 Å². The molecule has 1 heterocycles. The number of rotatable bonds is 6. The van der Waals surface area contributed by atoms with Gasteiger partial charge in [-0.05, 0) is 30.3 Å². The minimum absolute atomic E-state index is 0.0306. The maximum atomic E-state index is 13.8. The number of ether oxygens (including phenoxy) is 1. The summed E-state index contributed by atoms with van der Waals surface area (Å²) in [6.07, 6.45) is 0. The molecule has 1 fully saturated rings. The Morgan fingerprint density at radius 2 is 1.78 bits per heavy atom. The summed E-state index contributed by atoms with van der Waals surface area (Å²) in [6, 6.07) is 11.1. The van der Waals surface area contributed by atoms with Crippen LogP contribution in [0.15, 0.2) is 53.4 Å². The van der Waals surface area contributed by atoms with Crippen molar-refractivity contribution in [2.24, 2.45) is 0 Å². The first-order valence-electron chi connectivity index (χ1n) is 8.28. The van der Waals surface area contributed by atoms with Crippen LogP contribution in [0.4, 0.5) is 4.39 Å². The normalized spacial score (nSPS) is 21.9. The highest BCUT2D eigenvalue weighted by molar-refractivity contribution is 7.96. The van der Waals surface area contributed by atoms with Crippen LogP contribution in [-0.2, 0) is 26.2 Å². The van der Waals surface area contributed by atoms with Gasteiger partial charge in [0.15, 0.2) is 19.7 Å². The Morgan fingerprint density at radius 3 is 2.41 bits per heavy atom. The number of hydrogen-bond donors (Lipinski definition) is 1. The molecule has 2 aromatic carbocycles. The quantitative estimate of drug-likeness (QED) is 0.773. The topological polar surface area (TPSA) is 89.5 Å². The SMILES string of the molecule is COc1ccc(S(=O)(=O)[C@@H]2CS(=O)(=O)C[C@H]2NCc2ccccc2F)cc1. The second-order valence-corrected chi connectivity index (χ2v) is 10.7. The van der Waals surface area contributed by atoms with Crippen LogP contribution in [0.3, 0.4) is 0 Å². The first-order chi connectivity index (χ1) is 12.7. The van der Waals surface area contributed by atoms with Crippen molar-refractivity contribution in [3.8, 4) is 5.75 Å². The van der Waals surface area contributed by atoms with E-state index in [2.05, 4.69) is 5.32 Å². The smallest absolute Gasteiger partial charge is 0.183 e. The molecule has 0 aromatic heterocycles. The van der Waals surface area contributed by atoms with Crippen molar-refractivity contribution in [1.29, 1.82) is 0 Å². The van der Waals surface area contributed by atoms with Gasteiger partial charge in [-0.1, -0.05) is 18.2 Å². The maximum absolute atomic E-state index is 13.8. The zero-order valence-electron chi connectivity index (χ0n) is 14.6. The van der Waals surface area contributed by atoms with Crippen LogP contribution >= 0.6 is 0 Å². The summed E-state index contributed by atoms with van der Waals surface area (Å²) in [4.78, 5) is 0.0306. The summed E-state index contributed by atoms with van der Waals surface area (Å²) < 4.78 is 69.0. The number of sulfone groups is 2. The van der Waals surface area contributed by atoms with Gasteiger partial charge in [-0.15, -0.1) is 0 Å². The van der Waals surface area contributed by atoms with Crippen molar-refractivity contribution >= 4 is 19.7 Å². The minimum atomic E-state index is -3.89. The molecule has 0 radical (unpaired) electrons.